The number of amides is 1. The van der Waals surface area contributed by atoms with Crippen LogP contribution in [0.15, 0.2) is 24.4 Å². The minimum absolute atomic E-state index is 0.141. The van der Waals surface area contributed by atoms with E-state index in [0.29, 0.717) is 0 Å². The predicted octanol–water partition coefficient (Wildman–Crippen LogP) is 1.79. The highest BCUT2D eigenvalue weighted by Gasteiger charge is 2.30. The van der Waals surface area contributed by atoms with E-state index in [1.165, 1.54) is 0 Å². The molecule has 1 saturated heterocycles. The Labute approximate surface area is 107 Å². The smallest absolute Gasteiger partial charge is 0.407 e. The summed E-state index contributed by atoms with van der Waals surface area (Å²) in [5, 5.41) is 2.84. The molecule has 98 valence electrons. The van der Waals surface area contributed by atoms with E-state index in [0.717, 1.165) is 18.9 Å². The average molecular weight is 249 g/mol. The zero-order chi connectivity index (χ0) is 13.2. The molecule has 0 atom stereocenters. The van der Waals surface area contributed by atoms with Crippen LogP contribution in [-0.4, -0.2) is 35.8 Å². The first kappa shape index (κ1) is 12.7. The third kappa shape index (κ3) is 3.35. The van der Waals surface area contributed by atoms with Crippen molar-refractivity contribution in [1.29, 1.82) is 0 Å². The van der Waals surface area contributed by atoms with Crippen LogP contribution in [0.25, 0.3) is 0 Å². The van der Waals surface area contributed by atoms with Gasteiger partial charge in [0.1, 0.15) is 11.4 Å². The number of anilines is 1. The van der Waals surface area contributed by atoms with Crippen LogP contribution >= 0.6 is 0 Å². The Morgan fingerprint density at radius 3 is 2.72 bits per heavy atom. The first-order chi connectivity index (χ1) is 8.44. The molecule has 0 saturated carbocycles. The van der Waals surface area contributed by atoms with Crippen molar-refractivity contribution >= 4 is 11.9 Å². The van der Waals surface area contributed by atoms with E-state index in [9.17, 15) is 4.79 Å². The molecule has 1 amide bonds. The van der Waals surface area contributed by atoms with Gasteiger partial charge >= 0.3 is 6.09 Å². The Morgan fingerprint density at radius 1 is 1.44 bits per heavy atom. The molecule has 2 heterocycles. The van der Waals surface area contributed by atoms with Crippen LogP contribution < -0.4 is 10.2 Å². The second-order valence-electron chi connectivity index (χ2n) is 5.44. The average Bonchev–Trinajstić information content (AvgIpc) is 2.21. The van der Waals surface area contributed by atoms with Gasteiger partial charge in [-0.25, -0.2) is 9.78 Å². The van der Waals surface area contributed by atoms with Crippen molar-refractivity contribution in [1.82, 2.24) is 10.3 Å². The Morgan fingerprint density at radius 2 is 2.17 bits per heavy atom. The molecule has 0 spiro atoms. The molecule has 1 N–H and O–H groups in total. The van der Waals surface area contributed by atoms with Crippen molar-refractivity contribution in [3.8, 4) is 0 Å². The second kappa shape index (κ2) is 4.84. The molecule has 5 nitrogen and oxygen atoms in total. The summed E-state index contributed by atoms with van der Waals surface area (Å²) >= 11 is 0. The summed E-state index contributed by atoms with van der Waals surface area (Å²) in [7, 11) is 0. The number of hydrogen-bond acceptors (Lipinski definition) is 4. The SMILES string of the molecule is CC(C)(C)OC(=O)NC1CN(c2ccccn2)C1. The molecule has 0 aromatic carbocycles. The van der Waals surface area contributed by atoms with Crippen molar-refractivity contribution in [2.24, 2.45) is 0 Å². The van der Waals surface area contributed by atoms with Gasteiger partial charge in [0.25, 0.3) is 0 Å². The molecule has 0 bridgehead atoms. The fraction of sp³-hybridized carbons (Fsp3) is 0.538. The predicted molar refractivity (Wildman–Crippen MR) is 69.6 cm³/mol. The number of carbonyl (C=O) groups excluding carboxylic acids is 1. The Balaban J connectivity index is 1.75. The maximum absolute atomic E-state index is 11.5. The van der Waals surface area contributed by atoms with E-state index >= 15 is 0 Å². The molecule has 1 fully saturated rings. The molecular weight excluding hydrogens is 230 g/mol. The normalized spacial score (nSPS) is 16.1. The van der Waals surface area contributed by atoms with E-state index in [1.54, 1.807) is 6.20 Å². The highest BCUT2D eigenvalue weighted by molar-refractivity contribution is 5.68. The molecule has 5 heteroatoms. The summed E-state index contributed by atoms with van der Waals surface area (Å²) in [4.78, 5) is 17.9. The first-order valence-corrected chi connectivity index (χ1v) is 6.09. The standard InChI is InChI=1S/C13H19N3O2/c1-13(2,3)18-12(17)15-10-8-16(9-10)11-6-4-5-7-14-11/h4-7,10H,8-9H2,1-3H3,(H,15,17). The molecule has 0 unspecified atom stereocenters. The van der Waals surface area contributed by atoms with Crippen molar-refractivity contribution in [3.05, 3.63) is 24.4 Å². The van der Waals surface area contributed by atoms with Gasteiger partial charge in [0.2, 0.25) is 0 Å². The lowest BCUT2D eigenvalue weighted by atomic mass is 10.1. The Hall–Kier alpha value is -1.78. The molecule has 1 aliphatic heterocycles. The van der Waals surface area contributed by atoms with Crippen LogP contribution in [-0.2, 0) is 4.74 Å². The fourth-order valence-electron chi connectivity index (χ4n) is 1.77. The molecular formula is C13H19N3O2. The summed E-state index contributed by atoms with van der Waals surface area (Å²) in [6.07, 6.45) is 1.41. The number of nitrogens with one attached hydrogen (secondary N) is 1. The summed E-state index contributed by atoms with van der Waals surface area (Å²) in [6, 6.07) is 5.95. The van der Waals surface area contributed by atoms with Gasteiger partial charge in [0.05, 0.1) is 6.04 Å². The van der Waals surface area contributed by atoms with Crippen molar-refractivity contribution in [2.45, 2.75) is 32.4 Å². The topological polar surface area (TPSA) is 54.5 Å². The van der Waals surface area contributed by atoms with Crippen LogP contribution in [0.1, 0.15) is 20.8 Å². The molecule has 0 aliphatic carbocycles. The second-order valence-corrected chi connectivity index (χ2v) is 5.44. The van der Waals surface area contributed by atoms with E-state index in [-0.39, 0.29) is 12.1 Å². The van der Waals surface area contributed by atoms with Crippen LogP contribution in [0, 0.1) is 0 Å². The van der Waals surface area contributed by atoms with Gasteiger partial charge in [-0.15, -0.1) is 0 Å². The lowest BCUT2D eigenvalue weighted by Gasteiger charge is -2.40. The van der Waals surface area contributed by atoms with E-state index in [2.05, 4.69) is 15.2 Å². The third-order valence-electron chi connectivity index (χ3n) is 2.58. The molecule has 0 radical (unpaired) electrons. The molecule has 1 aliphatic rings. The Bertz CT molecular complexity index is 408. The van der Waals surface area contributed by atoms with Crippen LogP contribution in [0.4, 0.5) is 10.6 Å². The molecule has 1 aromatic heterocycles. The maximum Gasteiger partial charge on any atom is 0.407 e. The van der Waals surface area contributed by atoms with Gasteiger partial charge in [0.15, 0.2) is 0 Å². The quantitative estimate of drug-likeness (QED) is 0.868. The largest absolute Gasteiger partial charge is 0.444 e. The number of pyridine rings is 1. The lowest BCUT2D eigenvalue weighted by Crippen LogP contribution is -2.60. The Kier molecular flexibility index (Phi) is 3.41. The summed E-state index contributed by atoms with van der Waals surface area (Å²) < 4.78 is 5.20. The third-order valence-corrected chi connectivity index (χ3v) is 2.58. The van der Waals surface area contributed by atoms with Gasteiger partial charge in [-0.3, -0.25) is 0 Å². The van der Waals surface area contributed by atoms with Gasteiger partial charge in [-0.2, -0.15) is 0 Å². The summed E-state index contributed by atoms with van der Waals surface area (Å²) in [5.74, 6) is 0.944. The number of alkyl carbamates (subject to hydrolysis) is 1. The minimum Gasteiger partial charge on any atom is -0.444 e. The van der Waals surface area contributed by atoms with Gasteiger partial charge in [-0.05, 0) is 32.9 Å². The van der Waals surface area contributed by atoms with E-state index in [4.69, 9.17) is 4.74 Å². The van der Waals surface area contributed by atoms with Gasteiger partial charge < -0.3 is 15.0 Å². The van der Waals surface area contributed by atoms with Crippen LogP contribution in [0.2, 0.25) is 0 Å². The minimum atomic E-state index is -0.450. The summed E-state index contributed by atoms with van der Waals surface area (Å²) in [5.41, 5.74) is -0.450. The zero-order valence-electron chi connectivity index (χ0n) is 11.0. The van der Waals surface area contributed by atoms with Crippen molar-refractivity contribution in [2.75, 3.05) is 18.0 Å². The van der Waals surface area contributed by atoms with Crippen LogP contribution in [0.5, 0.6) is 0 Å². The monoisotopic (exact) mass is 249 g/mol. The number of hydrogen-bond donors (Lipinski definition) is 1. The zero-order valence-corrected chi connectivity index (χ0v) is 11.0. The van der Waals surface area contributed by atoms with E-state index in [1.807, 2.05) is 39.0 Å². The maximum atomic E-state index is 11.5. The van der Waals surface area contributed by atoms with Crippen LogP contribution in [0.3, 0.4) is 0 Å². The molecule has 1 aromatic rings. The molecule has 2 rings (SSSR count). The van der Waals surface area contributed by atoms with Gasteiger partial charge in [-0.1, -0.05) is 6.07 Å². The van der Waals surface area contributed by atoms with E-state index < -0.39 is 5.60 Å². The highest BCUT2D eigenvalue weighted by Crippen LogP contribution is 2.17. The molecule has 18 heavy (non-hydrogen) atoms. The summed E-state index contributed by atoms with van der Waals surface area (Å²) in [6.45, 7) is 7.11. The lowest BCUT2D eigenvalue weighted by molar-refractivity contribution is 0.0496. The van der Waals surface area contributed by atoms with Gasteiger partial charge in [0, 0.05) is 19.3 Å². The first-order valence-electron chi connectivity index (χ1n) is 6.09. The number of aromatic nitrogens is 1. The highest BCUT2D eigenvalue weighted by atomic mass is 16.6. The van der Waals surface area contributed by atoms with Crippen molar-refractivity contribution < 1.29 is 9.53 Å². The fourth-order valence-corrected chi connectivity index (χ4v) is 1.77. The number of rotatable bonds is 2. The number of ether oxygens (including phenoxy) is 1. The van der Waals surface area contributed by atoms with Crippen molar-refractivity contribution in [3.63, 3.8) is 0 Å². The number of carbonyl (C=O) groups is 1. The number of nitrogens with zero attached hydrogens (tertiary/aromatic N) is 2.